The van der Waals surface area contributed by atoms with Gasteiger partial charge in [-0.3, -0.25) is 0 Å². The second-order valence-corrected chi connectivity index (χ2v) is 18.0. The highest BCUT2D eigenvalue weighted by molar-refractivity contribution is 5.83. The quantitative estimate of drug-likeness (QED) is 0.143. The van der Waals surface area contributed by atoms with E-state index in [2.05, 4.69) is 230 Å². The molecule has 0 aliphatic rings. The summed E-state index contributed by atoms with van der Waals surface area (Å²) < 4.78 is 0. The topological polar surface area (TPSA) is 40.5 Å². The first-order chi connectivity index (χ1) is 28.9. The molecule has 0 bridgehead atoms. The number of phenolic OH excluding ortho intramolecular Hbond substituents is 2. The van der Waals surface area contributed by atoms with Crippen LogP contribution in [0.15, 0.2) is 206 Å². The summed E-state index contributed by atoms with van der Waals surface area (Å²) in [7, 11) is 0. The third kappa shape index (κ3) is 6.90. The molecule has 0 radical (unpaired) electrons. The van der Waals surface area contributed by atoms with Crippen molar-refractivity contribution in [1.82, 2.24) is 0 Å². The van der Waals surface area contributed by atoms with E-state index in [-0.39, 0.29) is 16.9 Å². The van der Waals surface area contributed by atoms with Gasteiger partial charge in [-0.05, 0) is 79.6 Å². The van der Waals surface area contributed by atoms with Gasteiger partial charge in [0.25, 0.3) is 0 Å². The van der Waals surface area contributed by atoms with Gasteiger partial charge in [-0.1, -0.05) is 224 Å². The van der Waals surface area contributed by atoms with Gasteiger partial charge in [-0.15, -0.1) is 0 Å². The maximum absolute atomic E-state index is 13.4. The van der Waals surface area contributed by atoms with Crippen molar-refractivity contribution in [3.63, 3.8) is 0 Å². The molecule has 298 valence electrons. The molecule has 0 amide bonds. The fourth-order valence-electron chi connectivity index (χ4n) is 9.28. The van der Waals surface area contributed by atoms with Gasteiger partial charge < -0.3 is 10.2 Å². The van der Waals surface area contributed by atoms with E-state index in [1.165, 1.54) is 0 Å². The molecular formula is C58H54O2. The minimum atomic E-state index is -0.925. The lowest BCUT2D eigenvalue weighted by atomic mass is 9.63. The van der Waals surface area contributed by atoms with E-state index in [9.17, 15) is 10.2 Å². The molecule has 8 aromatic carbocycles. The first-order valence-electron chi connectivity index (χ1n) is 21.0. The molecule has 0 saturated heterocycles. The Morgan fingerprint density at radius 3 is 0.833 bits per heavy atom. The van der Waals surface area contributed by atoms with Crippen molar-refractivity contribution in [2.45, 2.75) is 63.2 Å². The lowest BCUT2D eigenvalue weighted by Crippen LogP contribution is -2.32. The standard InChI is InChI=1S/C58H54O2/c1-55(2,3)47-37-49(54(60)52(39-47)58(44-31-19-10-20-32-44,45-33-21-11-22-34-45)46-35-23-12-24-36-46)50-38-48(40-51(53(50)59)56(4,5)6)57(41-25-13-7-14-26-41,42-27-15-8-16-28-42)43-29-17-9-18-30-43/h7-40,59-60H,1-6H3. The van der Waals surface area contributed by atoms with Gasteiger partial charge in [-0.2, -0.15) is 0 Å². The van der Waals surface area contributed by atoms with E-state index in [0.29, 0.717) is 11.1 Å². The molecule has 0 heterocycles. The van der Waals surface area contributed by atoms with E-state index in [0.717, 1.165) is 55.6 Å². The minimum absolute atomic E-state index is 0.122. The molecule has 2 nitrogen and oxygen atoms in total. The Bertz CT molecular complexity index is 2500. The summed E-state index contributed by atoms with van der Waals surface area (Å²) in [5, 5.41) is 26.2. The predicted molar refractivity (Wildman–Crippen MR) is 249 cm³/mol. The number of hydrogen-bond acceptors (Lipinski definition) is 2. The molecule has 2 heteroatoms. The zero-order valence-corrected chi connectivity index (χ0v) is 35.5. The molecule has 0 unspecified atom stereocenters. The van der Waals surface area contributed by atoms with Crippen LogP contribution in [-0.4, -0.2) is 10.2 Å². The van der Waals surface area contributed by atoms with Crippen molar-refractivity contribution in [3.8, 4) is 22.6 Å². The normalized spacial score (nSPS) is 12.3. The van der Waals surface area contributed by atoms with Crippen LogP contribution in [0.1, 0.15) is 97.2 Å². The Morgan fingerprint density at radius 1 is 0.267 bits per heavy atom. The van der Waals surface area contributed by atoms with Crippen LogP contribution < -0.4 is 0 Å². The van der Waals surface area contributed by atoms with Crippen molar-refractivity contribution in [2.24, 2.45) is 0 Å². The van der Waals surface area contributed by atoms with Crippen molar-refractivity contribution < 1.29 is 10.2 Å². The molecule has 60 heavy (non-hydrogen) atoms. The van der Waals surface area contributed by atoms with Crippen LogP contribution in [-0.2, 0) is 21.7 Å². The van der Waals surface area contributed by atoms with Crippen molar-refractivity contribution in [3.05, 3.63) is 262 Å². The lowest BCUT2D eigenvalue weighted by molar-refractivity contribution is 0.443. The van der Waals surface area contributed by atoms with Gasteiger partial charge in [0.05, 0.1) is 10.8 Å². The van der Waals surface area contributed by atoms with E-state index >= 15 is 0 Å². The average Bonchev–Trinajstić information content (AvgIpc) is 3.27. The van der Waals surface area contributed by atoms with Crippen molar-refractivity contribution in [2.75, 3.05) is 0 Å². The number of benzene rings is 8. The molecule has 0 aromatic heterocycles. The molecule has 0 spiro atoms. The zero-order valence-electron chi connectivity index (χ0n) is 35.5. The van der Waals surface area contributed by atoms with Gasteiger partial charge in [0.1, 0.15) is 11.5 Å². The summed E-state index contributed by atoms with van der Waals surface area (Å²) in [5.41, 5.74) is 8.62. The summed E-state index contributed by atoms with van der Waals surface area (Å²) in [5.74, 6) is 0.281. The van der Waals surface area contributed by atoms with Gasteiger partial charge in [-0.25, -0.2) is 0 Å². The molecule has 0 saturated carbocycles. The maximum atomic E-state index is 13.4. The highest BCUT2D eigenvalue weighted by Gasteiger charge is 2.43. The maximum Gasteiger partial charge on any atom is 0.128 e. The highest BCUT2D eigenvalue weighted by atomic mass is 16.3. The Morgan fingerprint density at radius 2 is 0.533 bits per heavy atom. The highest BCUT2D eigenvalue weighted by Crippen LogP contribution is 2.55. The van der Waals surface area contributed by atoms with E-state index in [1.54, 1.807) is 0 Å². The van der Waals surface area contributed by atoms with Gasteiger partial charge in [0.2, 0.25) is 0 Å². The van der Waals surface area contributed by atoms with Crippen LogP contribution in [0.3, 0.4) is 0 Å². The van der Waals surface area contributed by atoms with Crippen molar-refractivity contribution >= 4 is 0 Å². The van der Waals surface area contributed by atoms with Crippen LogP contribution in [0.4, 0.5) is 0 Å². The monoisotopic (exact) mass is 782 g/mol. The van der Waals surface area contributed by atoms with E-state index in [4.69, 9.17) is 0 Å². The molecular weight excluding hydrogens is 729 g/mol. The second kappa shape index (κ2) is 15.8. The van der Waals surface area contributed by atoms with Crippen LogP contribution in [0.5, 0.6) is 11.5 Å². The van der Waals surface area contributed by atoms with Gasteiger partial charge >= 0.3 is 0 Å². The summed E-state index contributed by atoms with van der Waals surface area (Å²) in [6.45, 7) is 13.1. The first-order valence-corrected chi connectivity index (χ1v) is 21.0. The SMILES string of the molecule is CC(C)(C)c1cc(-c2cc(C(c3ccccc3)(c3ccccc3)c3ccccc3)cc(C(C)(C)C)c2O)c(O)c(C(c2ccccc2)(c2ccccc2)c2ccccc2)c1. The largest absolute Gasteiger partial charge is 0.507 e. The average molecular weight is 783 g/mol. The Balaban J connectivity index is 1.56. The predicted octanol–water partition coefficient (Wildman–Crippen LogP) is 14.1. The summed E-state index contributed by atoms with van der Waals surface area (Å²) >= 11 is 0. The number of hydrogen-bond donors (Lipinski definition) is 2. The molecule has 0 fully saturated rings. The fraction of sp³-hybridized carbons (Fsp3) is 0.172. The van der Waals surface area contributed by atoms with Crippen molar-refractivity contribution in [1.29, 1.82) is 0 Å². The Kier molecular flexibility index (Phi) is 10.6. The summed E-state index contributed by atoms with van der Waals surface area (Å²) in [6.07, 6.45) is 0. The number of aromatic hydroxyl groups is 2. The number of phenols is 2. The number of rotatable bonds is 9. The summed E-state index contributed by atoms with van der Waals surface area (Å²) in [6, 6.07) is 72.1. The van der Waals surface area contributed by atoms with Gasteiger partial charge in [0.15, 0.2) is 0 Å². The van der Waals surface area contributed by atoms with E-state index in [1.807, 2.05) is 18.2 Å². The molecule has 8 rings (SSSR count). The molecule has 0 aliphatic heterocycles. The Labute approximate surface area is 356 Å². The van der Waals surface area contributed by atoms with Crippen LogP contribution in [0, 0.1) is 0 Å². The van der Waals surface area contributed by atoms with Crippen LogP contribution >= 0.6 is 0 Å². The third-order valence-corrected chi connectivity index (χ3v) is 12.3. The first kappa shape index (κ1) is 40.2. The molecule has 0 atom stereocenters. The smallest absolute Gasteiger partial charge is 0.128 e. The van der Waals surface area contributed by atoms with Gasteiger partial charge in [0, 0.05) is 22.3 Å². The van der Waals surface area contributed by atoms with Crippen LogP contribution in [0.2, 0.25) is 0 Å². The molecule has 0 aliphatic carbocycles. The van der Waals surface area contributed by atoms with E-state index < -0.39 is 16.2 Å². The molecule has 8 aromatic rings. The third-order valence-electron chi connectivity index (χ3n) is 12.3. The zero-order chi connectivity index (χ0) is 42.1. The molecule has 2 N–H and O–H groups in total. The van der Waals surface area contributed by atoms with Crippen LogP contribution in [0.25, 0.3) is 11.1 Å². The lowest BCUT2D eigenvalue weighted by Gasteiger charge is -2.39. The Hall–Kier alpha value is -6.64. The minimum Gasteiger partial charge on any atom is -0.507 e. The second-order valence-electron chi connectivity index (χ2n) is 18.0. The summed E-state index contributed by atoms with van der Waals surface area (Å²) in [4.78, 5) is 0. The fourth-order valence-corrected chi connectivity index (χ4v) is 9.28.